The van der Waals surface area contributed by atoms with Crippen molar-refractivity contribution in [3.63, 3.8) is 0 Å². The van der Waals surface area contributed by atoms with Crippen molar-refractivity contribution in [2.75, 3.05) is 44.8 Å². The Morgan fingerprint density at radius 3 is 2.76 bits per heavy atom. The van der Waals surface area contributed by atoms with Gasteiger partial charge in [0.05, 0.1) is 6.04 Å². The molecule has 2 heterocycles. The molecule has 6 heteroatoms. The van der Waals surface area contributed by atoms with Crippen LogP contribution >= 0.6 is 0 Å². The highest BCUT2D eigenvalue weighted by atomic mass is 16.5. The number of aromatic nitrogens is 1. The van der Waals surface area contributed by atoms with Crippen molar-refractivity contribution >= 4 is 11.7 Å². The molecule has 2 rings (SSSR count). The SMILES string of the molecule is COCCCC(N)C(=O)N1CCN(c2ccccn2)CC1. The number of hydrogen-bond acceptors (Lipinski definition) is 5. The molecular weight excluding hydrogens is 268 g/mol. The normalized spacial score (nSPS) is 16.9. The number of pyridine rings is 1. The molecule has 0 bridgehead atoms. The molecule has 1 aliphatic rings. The van der Waals surface area contributed by atoms with Crippen LogP contribution in [0.1, 0.15) is 12.8 Å². The second-order valence-electron chi connectivity index (χ2n) is 5.24. The molecule has 0 spiro atoms. The van der Waals surface area contributed by atoms with Gasteiger partial charge in [-0.25, -0.2) is 4.98 Å². The number of methoxy groups -OCH3 is 1. The molecule has 0 aromatic carbocycles. The van der Waals surface area contributed by atoms with Crippen molar-refractivity contribution in [1.29, 1.82) is 0 Å². The van der Waals surface area contributed by atoms with E-state index in [-0.39, 0.29) is 5.91 Å². The van der Waals surface area contributed by atoms with Crippen LogP contribution in [0, 0.1) is 0 Å². The molecule has 2 N–H and O–H groups in total. The maximum atomic E-state index is 12.3. The molecule has 1 amide bonds. The van der Waals surface area contributed by atoms with Crippen molar-refractivity contribution in [1.82, 2.24) is 9.88 Å². The largest absolute Gasteiger partial charge is 0.385 e. The Morgan fingerprint density at radius 1 is 1.38 bits per heavy atom. The summed E-state index contributed by atoms with van der Waals surface area (Å²) in [7, 11) is 1.66. The Hall–Kier alpha value is -1.66. The van der Waals surface area contributed by atoms with Gasteiger partial charge in [-0.05, 0) is 25.0 Å². The van der Waals surface area contributed by atoms with Crippen LogP contribution in [0.25, 0.3) is 0 Å². The smallest absolute Gasteiger partial charge is 0.239 e. The van der Waals surface area contributed by atoms with E-state index in [0.29, 0.717) is 26.1 Å². The molecule has 0 aliphatic carbocycles. The summed E-state index contributed by atoms with van der Waals surface area (Å²) in [6.07, 6.45) is 3.28. The quantitative estimate of drug-likeness (QED) is 0.772. The fourth-order valence-corrected chi connectivity index (χ4v) is 2.50. The van der Waals surface area contributed by atoms with E-state index in [0.717, 1.165) is 25.3 Å². The summed E-state index contributed by atoms with van der Waals surface area (Å²) >= 11 is 0. The van der Waals surface area contributed by atoms with Gasteiger partial charge in [0.1, 0.15) is 5.82 Å². The van der Waals surface area contributed by atoms with Crippen molar-refractivity contribution in [2.24, 2.45) is 5.73 Å². The number of ether oxygens (including phenoxy) is 1. The van der Waals surface area contributed by atoms with E-state index in [2.05, 4.69) is 9.88 Å². The third-order valence-electron chi connectivity index (χ3n) is 3.75. The van der Waals surface area contributed by atoms with Crippen LogP contribution in [0.4, 0.5) is 5.82 Å². The molecule has 0 saturated carbocycles. The number of nitrogens with two attached hydrogens (primary N) is 1. The van der Waals surface area contributed by atoms with Gasteiger partial charge in [-0.1, -0.05) is 6.07 Å². The Balaban J connectivity index is 1.79. The lowest BCUT2D eigenvalue weighted by Crippen LogP contribution is -2.53. The van der Waals surface area contributed by atoms with E-state index in [9.17, 15) is 4.79 Å². The first kappa shape index (κ1) is 15.7. The van der Waals surface area contributed by atoms with Crippen LogP contribution in [0.5, 0.6) is 0 Å². The summed E-state index contributed by atoms with van der Waals surface area (Å²) in [5, 5.41) is 0. The third kappa shape index (κ3) is 4.41. The van der Waals surface area contributed by atoms with E-state index in [1.165, 1.54) is 0 Å². The van der Waals surface area contributed by atoms with Gasteiger partial charge in [0.15, 0.2) is 0 Å². The monoisotopic (exact) mass is 292 g/mol. The molecule has 6 nitrogen and oxygen atoms in total. The Kier molecular flexibility index (Phi) is 5.95. The molecule has 1 fully saturated rings. The van der Waals surface area contributed by atoms with Crippen LogP contribution in [0.15, 0.2) is 24.4 Å². The van der Waals surface area contributed by atoms with E-state index in [1.807, 2.05) is 23.1 Å². The Bertz CT molecular complexity index is 433. The van der Waals surface area contributed by atoms with Crippen molar-refractivity contribution in [3.05, 3.63) is 24.4 Å². The lowest BCUT2D eigenvalue weighted by molar-refractivity contribution is -0.133. The summed E-state index contributed by atoms with van der Waals surface area (Å²) < 4.78 is 4.99. The summed E-state index contributed by atoms with van der Waals surface area (Å²) in [5.74, 6) is 1.01. The van der Waals surface area contributed by atoms with Gasteiger partial charge < -0.3 is 20.3 Å². The van der Waals surface area contributed by atoms with E-state index >= 15 is 0 Å². The predicted molar refractivity (Wildman–Crippen MR) is 82.1 cm³/mol. The molecule has 1 atom stereocenters. The fraction of sp³-hybridized carbons (Fsp3) is 0.600. The summed E-state index contributed by atoms with van der Waals surface area (Å²) in [4.78, 5) is 20.7. The molecule has 1 aliphatic heterocycles. The first-order chi connectivity index (χ1) is 10.2. The molecule has 21 heavy (non-hydrogen) atoms. The standard InChI is InChI=1S/C15H24N4O2/c1-21-12-4-5-13(16)15(20)19-10-8-18(9-11-19)14-6-2-3-7-17-14/h2-3,6-7,13H,4-5,8-12,16H2,1H3. The van der Waals surface area contributed by atoms with E-state index in [4.69, 9.17) is 10.5 Å². The number of carbonyl (C=O) groups is 1. The maximum absolute atomic E-state index is 12.3. The van der Waals surface area contributed by atoms with Gasteiger partial charge in [0.2, 0.25) is 5.91 Å². The zero-order valence-electron chi connectivity index (χ0n) is 12.6. The van der Waals surface area contributed by atoms with Crippen LogP contribution < -0.4 is 10.6 Å². The average Bonchev–Trinajstić information content (AvgIpc) is 2.55. The highest BCUT2D eigenvalue weighted by Gasteiger charge is 2.25. The third-order valence-corrected chi connectivity index (χ3v) is 3.75. The van der Waals surface area contributed by atoms with Gasteiger partial charge in [-0.2, -0.15) is 0 Å². The van der Waals surface area contributed by atoms with Crippen molar-refractivity contribution in [2.45, 2.75) is 18.9 Å². The second-order valence-corrected chi connectivity index (χ2v) is 5.24. The molecular formula is C15H24N4O2. The fourth-order valence-electron chi connectivity index (χ4n) is 2.50. The van der Waals surface area contributed by atoms with Crippen LogP contribution in [0.3, 0.4) is 0 Å². The molecule has 0 radical (unpaired) electrons. The van der Waals surface area contributed by atoms with Gasteiger partial charge in [0.25, 0.3) is 0 Å². The zero-order valence-corrected chi connectivity index (χ0v) is 12.6. The minimum atomic E-state index is -0.415. The van der Waals surface area contributed by atoms with Gasteiger partial charge >= 0.3 is 0 Å². The molecule has 1 unspecified atom stereocenters. The number of amides is 1. The number of rotatable bonds is 6. The lowest BCUT2D eigenvalue weighted by Gasteiger charge is -2.36. The summed E-state index contributed by atoms with van der Waals surface area (Å²) in [5.41, 5.74) is 5.96. The van der Waals surface area contributed by atoms with E-state index < -0.39 is 6.04 Å². The lowest BCUT2D eigenvalue weighted by atomic mass is 10.1. The van der Waals surface area contributed by atoms with Crippen LogP contribution in [-0.2, 0) is 9.53 Å². The van der Waals surface area contributed by atoms with Crippen LogP contribution in [-0.4, -0.2) is 61.7 Å². The predicted octanol–water partition coefficient (Wildman–Crippen LogP) is 0.484. The van der Waals surface area contributed by atoms with Crippen molar-refractivity contribution in [3.8, 4) is 0 Å². The van der Waals surface area contributed by atoms with Gasteiger partial charge in [0, 0.05) is 46.1 Å². The minimum Gasteiger partial charge on any atom is -0.385 e. The molecule has 1 saturated heterocycles. The Morgan fingerprint density at radius 2 is 2.14 bits per heavy atom. The van der Waals surface area contributed by atoms with E-state index in [1.54, 1.807) is 13.3 Å². The zero-order chi connectivity index (χ0) is 15.1. The van der Waals surface area contributed by atoms with Crippen LogP contribution in [0.2, 0.25) is 0 Å². The summed E-state index contributed by atoms with van der Waals surface area (Å²) in [6.45, 7) is 3.65. The highest BCUT2D eigenvalue weighted by molar-refractivity contribution is 5.81. The first-order valence-corrected chi connectivity index (χ1v) is 7.41. The average molecular weight is 292 g/mol. The minimum absolute atomic E-state index is 0.0479. The second kappa shape index (κ2) is 7.95. The molecule has 1 aromatic rings. The number of hydrogen-bond donors (Lipinski definition) is 1. The molecule has 1 aromatic heterocycles. The number of carbonyl (C=O) groups excluding carboxylic acids is 1. The topological polar surface area (TPSA) is 71.7 Å². The number of anilines is 1. The molecule has 116 valence electrons. The number of nitrogens with zero attached hydrogens (tertiary/aromatic N) is 3. The highest BCUT2D eigenvalue weighted by Crippen LogP contribution is 2.13. The van der Waals surface area contributed by atoms with Gasteiger partial charge in [-0.3, -0.25) is 4.79 Å². The maximum Gasteiger partial charge on any atom is 0.239 e. The first-order valence-electron chi connectivity index (χ1n) is 7.41. The van der Waals surface area contributed by atoms with Crippen molar-refractivity contribution < 1.29 is 9.53 Å². The summed E-state index contributed by atoms with van der Waals surface area (Å²) in [6, 6.07) is 5.46. The number of piperazine rings is 1. The van der Waals surface area contributed by atoms with Gasteiger partial charge in [-0.15, -0.1) is 0 Å². The Labute approximate surface area is 125 Å².